The van der Waals surface area contributed by atoms with Gasteiger partial charge in [0.1, 0.15) is 5.82 Å². The number of hydrogen-bond acceptors (Lipinski definition) is 8. The maximum atomic E-state index is 5.92. The van der Waals surface area contributed by atoms with Gasteiger partial charge in [-0.3, -0.25) is 4.90 Å². The van der Waals surface area contributed by atoms with E-state index in [1.165, 1.54) is 4.91 Å². The Morgan fingerprint density at radius 3 is 2.58 bits per heavy atom. The third-order valence-corrected chi connectivity index (χ3v) is 5.57. The van der Waals surface area contributed by atoms with E-state index in [0.717, 1.165) is 50.8 Å². The Morgan fingerprint density at radius 1 is 1.25 bits per heavy atom. The number of allylic oxidation sites excluding steroid dienone is 1. The predicted octanol–water partition coefficient (Wildman–Crippen LogP) is 1.43. The number of thioether (sulfide) groups is 1. The molecule has 1 fully saturated rings. The van der Waals surface area contributed by atoms with E-state index < -0.39 is 0 Å². The zero-order chi connectivity index (χ0) is 17.1. The molecule has 0 radical (unpaired) electrons. The van der Waals surface area contributed by atoms with Crippen molar-refractivity contribution in [2.24, 2.45) is 0 Å². The van der Waals surface area contributed by atoms with Crippen molar-refractivity contribution in [3.63, 3.8) is 0 Å². The first-order valence-corrected chi connectivity index (χ1v) is 9.33. The minimum atomic E-state index is 0.153. The van der Waals surface area contributed by atoms with Crippen LogP contribution < -0.4 is 11.1 Å². The predicted molar refractivity (Wildman–Crippen MR) is 100 cm³/mol. The summed E-state index contributed by atoms with van der Waals surface area (Å²) in [6.07, 6.45) is 2.13. The molecule has 1 saturated heterocycles. The molecule has 0 spiro atoms. The molecule has 3 N–H and O–H groups in total. The Labute approximate surface area is 148 Å². The molecule has 1 aromatic heterocycles. The molecule has 3 heterocycles. The number of nitrogens with two attached hydrogens (primary N) is 1. The van der Waals surface area contributed by atoms with Crippen LogP contribution in [-0.4, -0.2) is 69.9 Å². The van der Waals surface area contributed by atoms with Gasteiger partial charge in [-0.1, -0.05) is 18.7 Å². The summed E-state index contributed by atoms with van der Waals surface area (Å²) in [5.41, 5.74) is 7.05. The summed E-state index contributed by atoms with van der Waals surface area (Å²) in [6.45, 7) is 10.7. The number of piperazine rings is 1. The zero-order valence-corrected chi connectivity index (χ0v) is 15.5. The van der Waals surface area contributed by atoms with Crippen LogP contribution in [0.25, 0.3) is 0 Å². The Hall–Kier alpha value is -1.51. The number of anilines is 2. The van der Waals surface area contributed by atoms with E-state index in [-0.39, 0.29) is 5.50 Å². The minimum Gasteiger partial charge on any atom is -0.368 e. The highest BCUT2D eigenvalue weighted by atomic mass is 32.2. The minimum absolute atomic E-state index is 0.153. The van der Waals surface area contributed by atoms with Gasteiger partial charge in [-0.25, -0.2) is 4.98 Å². The van der Waals surface area contributed by atoms with Crippen molar-refractivity contribution in [3.8, 4) is 0 Å². The van der Waals surface area contributed by atoms with E-state index >= 15 is 0 Å². The Morgan fingerprint density at radius 2 is 1.96 bits per heavy atom. The monoisotopic (exact) mass is 349 g/mol. The van der Waals surface area contributed by atoms with Crippen molar-refractivity contribution in [3.05, 3.63) is 22.9 Å². The Bertz CT molecular complexity index is 598. The van der Waals surface area contributed by atoms with Crippen molar-refractivity contribution >= 4 is 23.5 Å². The maximum Gasteiger partial charge on any atom is 0.222 e. The smallest absolute Gasteiger partial charge is 0.222 e. The molecule has 0 saturated carbocycles. The van der Waals surface area contributed by atoms with Gasteiger partial charge >= 0.3 is 0 Å². The SMILES string of the molecule is CCN1CCN(Cc2cc(NC3SC(C)=CN3C)nc(N)n2)CC1. The second kappa shape index (κ2) is 7.58. The van der Waals surface area contributed by atoms with Crippen LogP contribution in [0.4, 0.5) is 11.8 Å². The van der Waals surface area contributed by atoms with Crippen molar-refractivity contribution in [1.82, 2.24) is 24.7 Å². The quantitative estimate of drug-likeness (QED) is 0.827. The topological polar surface area (TPSA) is 73.5 Å². The molecule has 2 aliphatic rings. The van der Waals surface area contributed by atoms with Crippen LogP contribution in [0.1, 0.15) is 19.5 Å². The molecule has 0 aliphatic carbocycles. The van der Waals surface area contributed by atoms with E-state index in [9.17, 15) is 0 Å². The molecule has 24 heavy (non-hydrogen) atoms. The molecule has 0 amide bonds. The van der Waals surface area contributed by atoms with E-state index in [2.05, 4.69) is 57.1 Å². The summed E-state index contributed by atoms with van der Waals surface area (Å²) < 4.78 is 0. The lowest BCUT2D eigenvalue weighted by atomic mass is 10.3. The third kappa shape index (κ3) is 4.31. The highest BCUT2D eigenvalue weighted by Gasteiger charge is 2.21. The molecule has 2 aliphatic heterocycles. The third-order valence-electron chi connectivity index (χ3n) is 4.42. The van der Waals surface area contributed by atoms with Gasteiger partial charge in [0.25, 0.3) is 0 Å². The molecule has 1 aromatic rings. The van der Waals surface area contributed by atoms with Crippen molar-refractivity contribution in [2.75, 3.05) is 50.8 Å². The van der Waals surface area contributed by atoms with E-state index in [1.807, 2.05) is 6.07 Å². The fourth-order valence-electron chi connectivity index (χ4n) is 3.07. The lowest BCUT2D eigenvalue weighted by molar-refractivity contribution is 0.131. The second-order valence-corrected chi connectivity index (χ2v) is 7.66. The first-order valence-electron chi connectivity index (χ1n) is 8.45. The molecule has 3 rings (SSSR count). The summed E-state index contributed by atoms with van der Waals surface area (Å²) in [7, 11) is 2.06. The van der Waals surface area contributed by atoms with Crippen molar-refractivity contribution in [1.29, 1.82) is 0 Å². The number of aromatic nitrogens is 2. The summed E-state index contributed by atoms with van der Waals surface area (Å²) in [5, 5.41) is 3.43. The lowest BCUT2D eigenvalue weighted by Gasteiger charge is -2.33. The first kappa shape index (κ1) is 17.3. The Kier molecular flexibility index (Phi) is 5.47. The normalized spacial score (nSPS) is 22.7. The van der Waals surface area contributed by atoms with Gasteiger partial charge in [0.15, 0.2) is 5.50 Å². The molecular formula is C16H27N7S. The number of nitrogens with zero attached hydrogens (tertiary/aromatic N) is 5. The number of likely N-dealkylation sites (N-methyl/N-ethyl adjacent to an activating group) is 1. The van der Waals surface area contributed by atoms with Crippen molar-refractivity contribution < 1.29 is 0 Å². The molecule has 0 aromatic carbocycles. The van der Waals surface area contributed by atoms with Crippen LogP contribution in [0.3, 0.4) is 0 Å². The summed E-state index contributed by atoms with van der Waals surface area (Å²) in [4.78, 5) is 17.1. The fraction of sp³-hybridized carbons (Fsp3) is 0.625. The van der Waals surface area contributed by atoms with Gasteiger partial charge < -0.3 is 20.9 Å². The maximum absolute atomic E-state index is 5.92. The van der Waals surface area contributed by atoms with E-state index in [4.69, 9.17) is 5.73 Å². The van der Waals surface area contributed by atoms with Crippen LogP contribution in [0.5, 0.6) is 0 Å². The van der Waals surface area contributed by atoms with Crippen LogP contribution >= 0.6 is 11.8 Å². The highest BCUT2D eigenvalue weighted by molar-refractivity contribution is 8.03. The van der Waals surface area contributed by atoms with Crippen molar-refractivity contribution in [2.45, 2.75) is 25.9 Å². The zero-order valence-electron chi connectivity index (χ0n) is 14.7. The van der Waals surface area contributed by atoms with E-state index in [0.29, 0.717) is 5.95 Å². The summed E-state index contributed by atoms with van der Waals surface area (Å²) in [5.74, 6) is 1.12. The van der Waals surface area contributed by atoms with Gasteiger partial charge in [0.05, 0.1) is 5.69 Å². The molecule has 0 bridgehead atoms. The Balaban J connectivity index is 1.62. The van der Waals surface area contributed by atoms with Gasteiger partial charge in [-0.15, -0.1) is 0 Å². The fourth-order valence-corrected chi connectivity index (χ4v) is 4.05. The van der Waals surface area contributed by atoms with Crippen LogP contribution in [0, 0.1) is 0 Å². The van der Waals surface area contributed by atoms with Gasteiger partial charge in [0.2, 0.25) is 5.95 Å². The molecule has 7 nitrogen and oxygen atoms in total. The average molecular weight is 350 g/mol. The number of hydrogen-bond donors (Lipinski definition) is 2. The molecular weight excluding hydrogens is 322 g/mol. The van der Waals surface area contributed by atoms with Crippen LogP contribution in [0.15, 0.2) is 17.2 Å². The summed E-state index contributed by atoms with van der Waals surface area (Å²) in [6, 6.07) is 2.02. The van der Waals surface area contributed by atoms with Gasteiger partial charge in [-0.2, -0.15) is 4.98 Å². The standard InChI is InChI=1S/C16H27N7S/c1-4-22-5-7-23(8-6-22)11-13-9-14(19-15(17)18-13)20-16-21(3)10-12(2)24-16/h9-10,16H,4-8,11H2,1-3H3,(H3,17,18,19,20). The molecule has 132 valence electrons. The molecule has 1 atom stereocenters. The molecule has 8 heteroatoms. The van der Waals surface area contributed by atoms with Gasteiger partial charge in [-0.05, 0) is 13.5 Å². The number of nitrogen functional groups attached to an aromatic ring is 1. The summed E-state index contributed by atoms with van der Waals surface area (Å²) >= 11 is 1.78. The lowest BCUT2D eigenvalue weighted by Crippen LogP contribution is -2.45. The van der Waals surface area contributed by atoms with Gasteiger partial charge in [0, 0.05) is 56.9 Å². The van der Waals surface area contributed by atoms with Crippen LogP contribution in [0.2, 0.25) is 0 Å². The molecule has 1 unspecified atom stereocenters. The first-order chi connectivity index (χ1) is 11.5. The van der Waals surface area contributed by atoms with E-state index in [1.54, 1.807) is 11.8 Å². The number of nitrogens with one attached hydrogen (secondary N) is 1. The van der Waals surface area contributed by atoms with Crippen LogP contribution in [-0.2, 0) is 6.54 Å². The second-order valence-electron chi connectivity index (χ2n) is 6.33. The largest absolute Gasteiger partial charge is 0.368 e. The highest BCUT2D eigenvalue weighted by Crippen LogP contribution is 2.31. The average Bonchev–Trinajstić information content (AvgIpc) is 2.85. The number of rotatable bonds is 5.